The molecular weight excluding hydrogens is 344 g/mol. The molecule has 1 aromatic carbocycles. The molecule has 1 N–H and O–H groups in total. The maximum absolute atomic E-state index is 12.3. The topological polar surface area (TPSA) is 41.6 Å². The summed E-state index contributed by atoms with van der Waals surface area (Å²) in [5.74, 6) is 0.625. The minimum Gasteiger partial charge on any atom is -0.438 e. The van der Waals surface area contributed by atoms with E-state index < -0.39 is 5.60 Å². The van der Waals surface area contributed by atoms with E-state index in [2.05, 4.69) is 26.1 Å². The number of hydrogen-bond donors (Lipinski definition) is 1. The molecule has 1 aromatic rings. The summed E-state index contributed by atoms with van der Waals surface area (Å²) < 4.78 is 6.85. The molecule has 4 aliphatic rings. The summed E-state index contributed by atoms with van der Waals surface area (Å²) in [6.45, 7) is 3.34. The van der Waals surface area contributed by atoms with E-state index in [9.17, 15) is 4.79 Å². The summed E-state index contributed by atoms with van der Waals surface area (Å²) >= 11 is 3.44. The molecule has 4 nitrogen and oxygen atoms in total. The average molecular weight is 365 g/mol. The van der Waals surface area contributed by atoms with Crippen molar-refractivity contribution in [1.82, 2.24) is 10.2 Å². The lowest BCUT2D eigenvalue weighted by Gasteiger charge is -2.44. The van der Waals surface area contributed by atoms with Gasteiger partial charge >= 0.3 is 6.09 Å². The van der Waals surface area contributed by atoms with Crippen LogP contribution in [0.2, 0.25) is 0 Å². The number of benzene rings is 1. The van der Waals surface area contributed by atoms with Crippen molar-refractivity contribution in [3.63, 3.8) is 0 Å². The first-order chi connectivity index (χ1) is 10.6. The Morgan fingerprint density at radius 2 is 1.91 bits per heavy atom. The second-order valence-electron chi connectivity index (χ2n) is 6.78. The Morgan fingerprint density at radius 1 is 1.23 bits per heavy atom. The van der Waals surface area contributed by atoms with Crippen molar-refractivity contribution in [3.8, 4) is 0 Å². The smallest absolute Gasteiger partial charge is 0.408 e. The van der Waals surface area contributed by atoms with Crippen LogP contribution in [0.25, 0.3) is 0 Å². The van der Waals surface area contributed by atoms with Gasteiger partial charge in [-0.2, -0.15) is 0 Å². The van der Waals surface area contributed by atoms with E-state index in [-0.39, 0.29) is 12.1 Å². The molecule has 0 aromatic heterocycles. The van der Waals surface area contributed by atoms with Crippen LogP contribution in [0.4, 0.5) is 4.79 Å². The first kappa shape index (κ1) is 14.5. The van der Waals surface area contributed by atoms with Gasteiger partial charge in [0.15, 0.2) is 0 Å². The van der Waals surface area contributed by atoms with Gasteiger partial charge in [0.1, 0.15) is 5.60 Å². The van der Waals surface area contributed by atoms with Crippen molar-refractivity contribution < 1.29 is 9.53 Å². The fraction of sp³-hybridized carbons (Fsp3) is 0.588. The molecule has 1 amide bonds. The molecule has 5 heteroatoms. The number of alkyl carbamates (subject to hydrolysis) is 1. The Morgan fingerprint density at radius 3 is 2.45 bits per heavy atom. The van der Waals surface area contributed by atoms with Gasteiger partial charge in [-0.3, -0.25) is 0 Å². The number of fused-ring (bicyclic) bond motifs is 3. The first-order valence-corrected chi connectivity index (χ1v) is 8.92. The highest BCUT2D eigenvalue weighted by atomic mass is 79.9. The van der Waals surface area contributed by atoms with Gasteiger partial charge in [0.2, 0.25) is 0 Å². The number of rotatable bonds is 3. The summed E-state index contributed by atoms with van der Waals surface area (Å²) in [5.41, 5.74) is 0.707. The molecule has 3 aliphatic heterocycles. The van der Waals surface area contributed by atoms with Gasteiger partial charge in [0, 0.05) is 17.1 Å². The van der Waals surface area contributed by atoms with Crippen molar-refractivity contribution in [2.75, 3.05) is 19.6 Å². The monoisotopic (exact) mass is 364 g/mol. The van der Waals surface area contributed by atoms with Crippen molar-refractivity contribution in [1.29, 1.82) is 0 Å². The van der Waals surface area contributed by atoms with E-state index in [1.165, 1.54) is 25.9 Å². The summed E-state index contributed by atoms with van der Waals surface area (Å²) in [4.78, 5) is 14.8. The Labute approximate surface area is 139 Å². The third-order valence-electron chi connectivity index (χ3n) is 5.32. The standard InChI is InChI=1S/C17H21BrN2O2/c18-14-3-1-13(2-4-14)17(7-8-17)22-16(21)19-15-11-20-9-5-12(15)6-10-20/h1-4,12,15H,5-11H2,(H,19,21)/t15-/m1/s1. The summed E-state index contributed by atoms with van der Waals surface area (Å²) in [7, 11) is 0. The minimum atomic E-state index is -0.390. The largest absolute Gasteiger partial charge is 0.438 e. The van der Waals surface area contributed by atoms with Gasteiger partial charge in [-0.05, 0) is 62.4 Å². The van der Waals surface area contributed by atoms with E-state index in [0.717, 1.165) is 29.4 Å². The fourth-order valence-corrected chi connectivity index (χ4v) is 4.07. The Hall–Kier alpha value is -1.07. The molecule has 0 radical (unpaired) electrons. The van der Waals surface area contributed by atoms with Crippen molar-refractivity contribution >= 4 is 22.0 Å². The molecule has 3 heterocycles. The third-order valence-corrected chi connectivity index (χ3v) is 5.85. The zero-order chi connectivity index (χ0) is 15.2. The highest BCUT2D eigenvalue weighted by Crippen LogP contribution is 2.49. The molecule has 118 valence electrons. The number of ether oxygens (including phenoxy) is 1. The van der Waals surface area contributed by atoms with Gasteiger partial charge in [-0.25, -0.2) is 4.79 Å². The van der Waals surface area contributed by atoms with Gasteiger partial charge in [-0.15, -0.1) is 0 Å². The van der Waals surface area contributed by atoms with E-state index in [4.69, 9.17) is 4.74 Å². The van der Waals surface area contributed by atoms with Crippen molar-refractivity contribution in [2.24, 2.45) is 5.92 Å². The van der Waals surface area contributed by atoms with Crippen molar-refractivity contribution in [2.45, 2.75) is 37.3 Å². The van der Waals surface area contributed by atoms with Gasteiger partial charge in [0.25, 0.3) is 0 Å². The van der Waals surface area contributed by atoms with Gasteiger partial charge < -0.3 is 15.0 Å². The first-order valence-electron chi connectivity index (χ1n) is 8.13. The second-order valence-corrected chi connectivity index (χ2v) is 7.70. The van der Waals surface area contributed by atoms with Crippen LogP contribution < -0.4 is 5.32 Å². The average Bonchev–Trinajstić information content (AvgIpc) is 3.29. The molecule has 4 fully saturated rings. The molecule has 22 heavy (non-hydrogen) atoms. The van der Waals surface area contributed by atoms with E-state index in [1.807, 2.05) is 24.3 Å². The van der Waals surface area contributed by atoms with Crippen LogP contribution in [0.5, 0.6) is 0 Å². The molecule has 0 spiro atoms. The van der Waals surface area contributed by atoms with E-state index in [1.54, 1.807) is 0 Å². The van der Waals surface area contributed by atoms with Crippen LogP contribution in [0.1, 0.15) is 31.2 Å². The highest BCUT2D eigenvalue weighted by Gasteiger charge is 2.49. The Bertz CT molecular complexity index is 563. The van der Waals surface area contributed by atoms with Crippen LogP contribution >= 0.6 is 15.9 Å². The molecule has 1 atom stereocenters. The SMILES string of the molecule is O=C(N[C@@H]1CN2CCC1CC2)OC1(c2ccc(Br)cc2)CC1. The summed E-state index contributed by atoms with van der Waals surface area (Å²) in [6.07, 6.45) is 3.98. The van der Waals surface area contributed by atoms with Crippen LogP contribution in [-0.4, -0.2) is 36.7 Å². The molecule has 1 aliphatic carbocycles. The van der Waals surface area contributed by atoms with Crippen molar-refractivity contribution in [3.05, 3.63) is 34.3 Å². The lowest BCUT2D eigenvalue weighted by atomic mass is 9.84. The highest BCUT2D eigenvalue weighted by molar-refractivity contribution is 9.10. The quantitative estimate of drug-likeness (QED) is 0.894. The molecule has 2 bridgehead atoms. The van der Waals surface area contributed by atoms with E-state index in [0.29, 0.717) is 5.92 Å². The predicted octanol–water partition coefficient (Wildman–Crippen LogP) is 3.26. The summed E-state index contributed by atoms with van der Waals surface area (Å²) in [5, 5.41) is 3.12. The van der Waals surface area contributed by atoms with Crippen LogP contribution in [0, 0.1) is 5.92 Å². The Kier molecular flexibility index (Phi) is 3.65. The molecule has 3 saturated heterocycles. The molecule has 0 unspecified atom stereocenters. The Balaban J connectivity index is 1.39. The number of hydrogen-bond acceptors (Lipinski definition) is 3. The van der Waals surface area contributed by atoms with E-state index >= 15 is 0 Å². The van der Waals surface area contributed by atoms with Gasteiger partial charge in [-0.1, -0.05) is 28.1 Å². The molecule has 5 rings (SSSR count). The number of amides is 1. The predicted molar refractivity (Wildman–Crippen MR) is 87.6 cm³/mol. The molecule has 1 saturated carbocycles. The number of piperidine rings is 3. The minimum absolute atomic E-state index is 0.251. The zero-order valence-corrected chi connectivity index (χ0v) is 14.1. The normalized spacial score (nSPS) is 31.6. The summed E-state index contributed by atoms with van der Waals surface area (Å²) in [6, 6.07) is 8.35. The van der Waals surface area contributed by atoms with Crippen LogP contribution in [-0.2, 0) is 10.3 Å². The number of nitrogens with zero attached hydrogens (tertiary/aromatic N) is 1. The maximum atomic E-state index is 12.3. The van der Waals surface area contributed by atoms with Crippen LogP contribution in [0.15, 0.2) is 28.7 Å². The van der Waals surface area contributed by atoms with Gasteiger partial charge in [0.05, 0.1) is 0 Å². The lowest BCUT2D eigenvalue weighted by molar-refractivity contribution is 0.0472. The molecular formula is C17H21BrN2O2. The van der Waals surface area contributed by atoms with Crippen LogP contribution in [0.3, 0.4) is 0 Å². The number of carbonyl (C=O) groups is 1. The zero-order valence-electron chi connectivity index (χ0n) is 12.6. The maximum Gasteiger partial charge on any atom is 0.408 e. The third kappa shape index (κ3) is 2.76. The fourth-order valence-electron chi connectivity index (χ4n) is 3.80. The second kappa shape index (κ2) is 5.53. The number of halogens is 1. The number of nitrogens with one attached hydrogen (secondary N) is 1. The lowest BCUT2D eigenvalue weighted by Crippen LogP contribution is -2.57. The number of carbonyl (C=O) groups excluding carboxylic acids is 1.